The van der Waals surface area contributed by atoms with E-state index in [0.717, 1.165) is 17.7 Å². The smallest absolute Gasteiger partial charge is 0.0995 e. The van der Waals surface area contributed by atoms with Crippen LogP contribution in [0.15, 0.2) is 24.3 Å². The molecule has 108 valence electrons. The summed E-state index contributed by atoms with van der Waals surface area (Å²) < 4.78 is 0. The second-order valence-corrected chi connectivity index (χ2v) is 5.62. The predicted octanol–water partition coefficient (Wildman–Crippen LogP) is 2.91. The number of benzene rings is 1. The maximum Gasteiger partial charge on any atom is 0.0995 e. The van der Waals surface area contributed by atoms with Gasteiger partial charge in [-0.2, -0.15) is 5.26 Å². The fraction of sp³-hybridized carbons (Fsp3) is 0.588. The third-order valence-corrected chi connectivity index (χ3v) is 4.13. The van der Waals surface area contributed by atoms with Gasteiger partial charge in [0.2, 0.25) is 0 Å². The van der Waals surface area contributed by atoms with Gasteiger partial charge in [-0.05, 0) is 50.5 Å². The molecule has 0 amide bonds. The summed E-state index contributed by atoms with van der Waals surface area (Å²) in [5.74, 6) is 0. The van der Waals surface area contributed by atoms with Gasteiger partial charge in [-0.3, -0.25) is 0 Å². The van der Waals surface area contributed by atoms with Crippen LogP contribution >= 0.6 is 0 Å². The Bertz CT molecular complexity index is 442. The number of nitrogens with zero attached hydrogens (tertiary/aromatic N) is 2. The molecular weight excluding hydrogens is 246 g/mol. The van der Waals surface area contributed by atoms with Crippen molar-refractivity contribution in [1.29, 1.82) is 5.26 Å². The Balaban J connectivity index is 1.75. The molecule has 1 aromatic carbocycles. The molecule has 0 saturated carbocycles. The van der Waals surface area contributed by atoms with E-state index in [1.807, 2.05) is 24.3 Å². The van der Waals surface area contributed by atoms with Gasteiger partial charge in [-0.1, -0.05) is 31.5 Å². The highest BCUT2D eigenvalue weighted by Crippen LogP contribution is 2.13. The quantitative estimate of drug-likeness (QED) is 0.864. The normalized spacial score (nSPS) is 17.0. The van der Waals surface area contributed by atoms with Gasteiger partial charge in [0.1, 0.15) is 0 Å². The van der Waals surface area contributed by atoms with Gasteiger partial charge in [0, 0.05) is 12.6 Å². The van der Waals surface area contributed by atoms with E-state index >= 15 is 0 Å². The molecule has 0 atom stereocenters. The lowest BCUT2D eigenvalue weighted by atomic mass is 10.0. The Morgan fingerprint density at radius 1 is 1.30 bits per heavy atom. The van der Waals surface area contributed by atoms with Crippen molar-refractivity contribution in [1.82, 2.24) is 10.2 Å². The number of piperidine rings is 1. The highest BCUT2D eigenvalue weighted by atomic mass is 15.1. The van der Waals surface area contributed by atoms with Crippen LogP contribution in [0, 0.1) is 11.3 Å². The summed E-state index contributed by atoms with van der Waals surface area (Å²) in [5.41, 5.74) is 1.91. The summed E-state index contributed by atoms with van der Waals surface area (Å²) in [5, 5.41) is 12.7. The van der Waals surface area contributed by atoms with Crippen molar-refractivity contribution in [3.8, 4) is 6.07 Å². The first-order valence-electron chi connectivity index (χ1n) is 7.77. The van der Waals surface area contributed by atoms with Crippen molar-refractivity contribution in [2.24, 2.45) is 0 Å². The first kappa shape index (κ1) is 15.0. The number of likely N-dealkylation sites (tertiary alicyclic amines) is 1. The van der Waals surface area contributed by atoms with Crippen molar-refractivity contribution in [2.75, 3.05) is 19.6 Å². The Labute approximate surface area is 122 Å². The molecular formula is C17H25N3. The summed E-state index contributed by atoms with van der Waals surface area (Å²) in [7, 11) is 0. The third-order valence-electron chi connectivity index (χ3n) is 4.13. The molecule has 1 N–H and O–H groups in total. The standard InChI is InChI=1S/C17H25N3/c1-2-3-10-20-11-8-17(9-12-20)19-14-16-7-5-4-6-15(16)13-18/h4-7,17,19H,2-3,8-12,14H2,1H3. The van der Waals surface area contributed by atoms with Crippen LogP contribution in [0.2, 0.25) is 0 Å². The van der Waals surface area contributed by atoms with Gasteiger partial charge in [0.15, 0.2) is 0 Å². The molecule has 1 saturated heterocycles. The minimum Gasteiger partial charge on any atom is -0.310 e. The number of rotatable bonds is 6. The molecule has 0 unspecified atom stereocenters. The zero-order valence-corrected chi connectivity index (χ0v) is 12.4. The average Bonchev–Trinajstić information content (AvgIpc) is 2.52. The molecule has 1 aliphatic heterocycles. The topological polar surface area (TPSA) is 39.1 Å². The Hall–Kier alpha value is -1.37. The van der Waals surface area contributed by atoms with E-state index in [0.29, 0.717) is 6.04 Å². The summed E-state index contributed by atoms with van der Waals surface area (Å²) in [6, 6.07) is 10.7. The Morgan fingerprint density at radius 3 is 2.75 bits per heavy atom. The van der Waals surface area contributed by atoms with Crippen LogP contribution in [-0.2, 0) is 6.54 Å². The van der Waals surface area contributed by atoms with Crippen LogP contribution in [0.1, 0.15) is 43.7 Å². The van der Waals surface area contributed by atoms with E-state index in [2.05, 4.69) is 23.2 Å². The highest BCUT2D eigenvalue weighted by Gasteiger charge is 2.18. The number of nitriles is 1. The molecule has 0 spiro atoms. The molecule has 2 rings (SSSR count). The molecule has 1 heterocycles. The average molecular weight is 271 g/mol. The van der Waals surface area contributed by atoms with Gasteiger partial charge in [-0.25, -0.2) is 0 Å². The minimum atomic E-state index is 0.597. The van der Waals surface area contributed by atoms with Gasteiger partial charge < -0.3 is 10.2 Å². The minimum absolute atomic E-state index is 0.597. The highest BCUT2D eigenvalue weighted by molar-refractivity contribution is 5.37. The second-order valence-electron chi connectivity index (χ2n) is 5.62. The zero-order valence-electron chi connectivity index (χ0n) is 12.4. The molecule has 1 fully saturated rings. The maximum absolute atomic E-state index is 9.09. The molecule has 3 nitrogen and oxygen atoms in total. The molecule has 1 aromatic rings. The molecule has 0 radical (unpaired) electrons. The van der Waals surface area contributed by atoms with Crippen molar-refractivity contribution in [3.63, 3.8) is 0 Å². The van der Waals surface area contributed by atoms with Crippen LogP contribution in [0.25, 0.3) is 0 Å². The monoisotopic (exact) mass is 271 g/mol. The van der Waals surface area contributed by atoms with Crippen molar-refractivity contribution >= 4 is 0 Å². The van der Waals surface area contributed by atoms with Gasteiger partial charge >= 0.3 is 0 Å². The van der Waals surface area contributed by atoms with Gasteiger partial charge in [-0.15, -0.1) is 0 Å². The van der Waals surface area contributed by atoms with Gasteiger partial charge in [0.05, 0.1) is 11.6 Å². The lowest BCUT2D eigenvalue weighted by Gasteiger charge is -2.32. The first-order valence-corrected chi connectivity index (χ1v) is 7.77. The Kier molecular flexibility index (Phi) is 6.04. The Morgan fingerprint density at radius 2 is 2.05 bits per heavy atom. The van der Waals surface area contributed by atoms with E-state index in [1.54, 1.807) is 0 Å². The van der Waals surface area contributed by atoms with Crippen molar-refractivity contribution in [3.05, 3.63) is 35.4 Å². The second kappa shape index (κ2) is 8.04. The lowest BCUT2D eigenvalue weighted by Crippen LogP contribution is -2.42. The summed E-state index contributed by atoms with van der Waals surface area (Å²) in [6.07, 6.45) is 5.04. The van der Waals surface area contributed by atoms with Crippen molar-refractivity contribution < 1.29 is 0 Å². The predicted molar refractivity (Wildman–Crippen MR) is 82.4 cm³/mol. The van der Waals surface area contributed by atoms with Crippen molar-refractivity contribution in [2.45, 2.75) is 45.2 Å². The summed E-state index contributed by atoms with van der Waals surface area (Å²) >= 11 is 0. The fourth-order valence-corrected chi connectivity index (χ4v) is 2.78. The molecule has 0 aliphatic carbocycles. The van der Waals surface area contributed by atoms with E-state index in [4.69, 9.17) is 5.26 Å². The zero-order chi connectivity index (χ0) is 14.2. The third kappa shape index (κ3) is 4.33. The molecule has 0 aromatic heterocycles. The first-order chi connectivity index (χ1) is 9.83. The number of nitrogens with one attached hydrogen (secondary N) is 1. The van der Waals surface area contributed by atoms with Crippen LogP contribution in [0.3, 0.4) is 0 Å². The molecule has 3 heteroatoms. The SMILES string of the molecule is CCCCN1CCC(NCc2ccccc2C#N)CC1. The fourth-order valence-electron chi connectivity index (χ4n) is 2.78. The van der Waals surface area contributed by atoms with E-state index in [-0.39, 0.29) is 0 Å². The lowest BCUT2D eigenvalue weighted by molar-refractivity contribution is 0.195. The van der Waals surface area contributed by atoms with Crippen LogP contribution in [0.5, 0.6) is 0 Å². The van der Waals surface area contributed by atoms with E-state index < -0.39 is 0 Å². The molecule has 20 heavy (non-hydrogen) atoms. The van der Waals surface area contributed by atoms with E-state index in [9.17, 15) is 0 Å². The summed E-state index contributed by atoms with van der Waals surface area (Å²) in [6.45, 7) is 6.72. The number of unbranched alkanes of at least 4 members (excludes halogenated alkanes) is 1. The number of hydrogen-bond donors (Lipinski definition) is 1. The largest absolute Gasteiger partial charge is 0.310 e. The number of hydrogen-bond acceptors (Lipinski definition) is 3. The summed E-state index contributed by atoms with van der Waals surface area (Å²) in [4.78, 5) is 2.57. The molecule has 1 aliphatic rings. The van der Waals surface area contributed by atoms with Crippen LogP contribution < -0.4 is 5.32 Å². The molecule has 0 bridgehead atoms. The van der Waals surface area contributed by atoms with E-state index in [1.165, 1.54) is 45.3 Å². The maximum atomic E-state index is 9.09. The van der Waals surface area contributed by atoms with Crippen LogP contribution in [-0.4, -0.2) is 30.6 Å². The van der Waals surface area contributed by atoms with Crippen LogP contribution in [0.4, 0.5) is 0 Å². The van der Waals surface area contributed by atoms with Gasteiger partial charge in [0.25, 0.3) is 0 Å².